The maximum atomic E-state index is 13.0. The van der Waals surface area contributed by atoms with Gasteiger partial charge in [0.25, 0.3) is 5.56 Å². The van der Waals surface area contributed by atoms with Crippen molar-refractivity contribution in [2.75, 3.05) is 26.0 Å². The number of halogens is 1. The van der Waals surface area contributed by atoms with Crippen LogP contribution in [-0.2, 0) is 4.79 Å². The number of benzene rings is 2. The van der Waals surface area contributed by atoms with Crippen LogP contribution in [0, 0.1) is 0 Å². The van der Waals surface area contributed by atoms with E-state index in [-0.39, 0.29) is 29.4 Å². The van der Waals surface area contributed by atoms with E-state index in [2.05, 4.69) is 4.98 Å². The Bertz CT molecular complexity index is 1210. The van der Waals surface area contributed by atoms with Crippen molar-refractivity contribution in [2.24, 2.45) is 0 Å². The van der Waals surface area contributed by atoms with Gasteiger partial charge < -0.3 is 14.4 Å². The van der Waals surface area contributed by atoms with Gasteiger partial charge in [-0.15, -0.1) is 0 Å². The highest BCUT2D eigenvalue weighted by Gasteiger charge is 2.24. The molecule has 0 bridgehead atoms. The van der Waals surface area contributed by atoms with Gasteiger partial charge in [-0.25, -0.2) is 4.98 Å². The van der Waals surface area contributed by atoms with Crippen LogP contribution in [-0.4, -0.2) is 52.4 Å². The Balaban J connectivity index is 1.45. The zero-order valence-corrected chi connectivity index (χ0v) is 19.7. The number of carbonyl (C=O) groups excluding carboxylic acids is 1. The Hall–Kier alpha value is -2.71. The minimum Gasteiger partial charge on any atom is -0.486 e. The van der Waals surface area contributed by atoms with E-state index in [1.807, 2.05) is 38.1 Å². The van der Waals surface area contributed by atoms with E-state index < -0.39 is 0 Å². The van der Waals surface area contributed by atoms with E-state index in [1.54, 1.807) is 34.7 Å². The van der Waals surface area contributed by atoms with E-state index in [1.165, 1.54) is 11.8 Å². The van der Waals surface area contributed by atoms with Gasteiger partial charge in [-0.1, -0.05) is 35.5 Å². The maximum absolute atomic E-state index is 13.0. The van der Waals surface area contributed by atoms with Crippen molar-refractivity contribution in [3.63, 3.8) is 0 Å². The Morgan fingerprint density at radius 2 is 2.03 bits per heavy atom. The lowest BCUT2D eigenvalue weighted by Crippen LogP contribution is -2.42. The van der Waals surface area contributed by atoms with Crippen LogP contribution in [0.3, 0.4) is 0 Å². The Morgan fingerprint density at radius 1 is 1.28 bits per heavy atom. The maximum Gasteiger partial charge on any atom is 0.262 e. The van der Waals surface area contributed by atoms with Gasteiger partial charge in [-0.2, -0.15) is 0 Å². The number of amides is 1. The van der Waals surface area contributed by atoms with Crippen molar-refractivity contribution in [3.05, 3.63) is 57.8 Å². The molecule has 1 unspecified atom stereocenters. The normalized spacial score (nSPS) is 15.2. The standard InChI is InChI=1S/C23H24ClN3O4S/c1-14(2)27-22(29)17-9-8-15(24)10-18(17)25-23(27)32-13-21(28)26(3)11-16-12-30-19-6-4-5-7-20(19)31-16/h4-10,14,16H,11-13H2,1-3H3. The van der Waals surface area contributed by atoms with Crippen molar-refractivity contribution in [1.82, 2.24) is 14.5 Å². The number of hydrogen-bond acceptors (Lipinski definition) is 6. The molecule has 1 aliphatic heterocycles. The lowest BCUT2D eigenvalue weighted by molar-refractivity contribution is -0.128. The number of para-hydroxylation sites is 2. The molecule has 0 spiro atoms. The summed E-state index contributed by atoms with van der Waals surface area (Å²) >= 11 is 7.32. The molecular weight excluding hydrogens is 450 g/mol. The Labute approximate surface area is 195 Å². The monoisotopic (exact) mass is 473 g/mol. The molecule has 0 aliphatic carbocycles. The van der Waals surface area contributed by atoms with Crippen molar-refractivity contribution in [1.29, 1.82) is 0 Å². The largest absolute Gasteiger partial charge is 0.486 e. The summed E-state index contributed by atoms with van der Waals surface area (Å²) in [5.74, 6) is 1.45. The molecule has 1 amide bonds. The van der Waals surface area contributed by atoms with E-state index in [4.69, 9.17) is 21.1 Å². The number of rotatable bonds is 6. The molecule has 0 fully saturated rings. The fraction of sp³-hybridized carbons (Fsp3) is 0.348. The number of carbonyl (C=O) groups is 1. The summed E-state index contributed by atoms with van der Waals surface area (Å²) in [4.78, 5) is 32.0. The molecule has 2 aromatic carbocycles. The van der Waals surface area contributed by atoms with Crippen molar-refractivity contribution >= 4 is 40.2 Å². The molecule has 7 nitrogen and oxygen atoms in total. The molecule has 0 saturated carbocycles. The summed E-state index contributed by atoms with van der Waals surface area (Å²) in [6, 6.07) is 12.4. The smallest absolute Gasteiger partial charge is 0.262 e. The fourth-order valence-corrected chi connectivity index (χ4v) is 4.74. The van der Waals surface area contributed by atoms with E-state index in [0.717, 1.165) is 0 Å². The quantitative estimate of drug-likeness (QED) is 0.397. The zero-order valence-electron chi connectivity index (χ0n) is 18.1. The summed E-state index contributed by atoms with van der Waals surface area (Å²) in [5, 5.41) is 1.51. The highest BCUT2D eigenvalue weighted by Crippen LogP contribution is 2.31. The molecule has 4 rings (SSSR count). The number of thioether (sulfide) groups is 1. The molecule has 1 atom stereocenters. The predicted molar refractivity (Wildman–Crippen MR) is 126 cm³/mol. The third kappa shape index (κ3) is 4.71. The minimum atomic E-state index is -0.251. The Kier molecular flexibility index (Phi) is 6.62. The van der Waals surface area contributed by atoms with Crippen LogP contribution in [0.2, 0.25) is 5.02 Å². The van der Waals surface area contributed by atoms with Crippen LogP contribution in [0.5, 0.6) is 11.5 Å². The first kappa shape index (κ1) is 22.5. The molecule has 0 radical (unpaired) electrons. The Morgan fingerprint density at radius 3 is 2.78 bits per heavy atom. The summed E-state index contributed by atoms with van der Waals surface area (Å²) in [5.41, 5.74) is 0.380. The lowest BCUT2D eigenvalue weighted by Gasteiger charge is -2.29. The number of nitrogens with zero attached hydrogens (tertiary/aromatic N) is 3. The lowest BCUT2D eigenvalue weighted by atomic mass is 10.2. The van der Waals surface area contributed by atoms with Crippen LogP contribution in [0.4, 0.5) is 0 Å². The van der Waals surface area contributed by atoms with Crippen LogP contribution in [0.1, 0.15) is 19.9 Å². The van der Waals surface area contributed by atoms with Gasteiger partial charge in [0.2, 0.25) is 5.91 Å². The molecule has 168 valence electrons. The molecule has 3 aromatic rings. The summed E-state index contributed by atoms with van der Waals surface area (Å²) in [6.45, 7) is 4.61. The van der Waals surface area contributed by atoms with Gasteiger partial charge in [-0.05, 0) is 44.2 Å². The number of aromatic nitrogens is 2. The minimum absolute atomic E-state index is 0.0896. The molecule has 1 aliphatic rings. The van der Waals surface area contributed by atoms with E-state index in [0.29, 0.717) is 45.7 Å². The van der Waals surface area contributed by atoms with Gasteiger partial charge in [0.1, 0.15) is 6.61 Å². The molecular formula is C23H24ClN3O4S. The number of ether oxygens (including phenoxy) is 2. The molecule has 2 heterocycles. The number of hydrogen-bond donors (Lipinski definition) is 0. The van der Waals surface area contributed by atoms with Gasteiger partial charge >= 0.3 is 0 Å². The third-order valence-corrected chi connectivity index (χ3v) is 6.32. The molecule has 0 saturated heterocycles. The second-order valence-corrected chi connectivity index (χ2v) is 9.26. The molecule has 0 N–H and O–H groups in total. The van der Waals surface area contributed by atoms with E-state index >= 15 is 0 Å². The van der Waals surface area contributed by atoms with Gasteiger partial charge in [-0.3, -0.25) is 14.2 Å². The van der Waals surface area contributed by atoms with Crippen molar-refractivity contribution < 1.29 is 14.3 Å². The average Bonchev–Trinajstić information content (AvgIpc) is 2.76. The van der Waals surface area contributed by atoms with E-state index in [9.17, 15) is 9.59 Å². The SMILES string of the molecule is CC(C)n1c(SCC(=O)N(C)CC2COc3ccccc3O2)nc2cc(Cl)ccc2c1=O. The summed E-state index contributed by atoms with van der Waals surface area (Å²) in [6.07, 6.45) is -0.251. The topological polar surface area (TPSA) is 73.7 Å². The fourth-order valence-electron chi connectivity index (χ4n) is 3.51. The second kappa shape index (κ2) is 9.42. The first-order valence-corrected chi connectivity index (χ1v) is 11.7. The van der Waals surface area contributed by atoms with Crippen LogP contribution < -0.4 is 15.0 Å². The van der Waals surface area contributed by atoms with Crippen LogP contribution >= 0.6 is 23.4 Å². The number of likely N-dealkylation sites (N-methyl/N-ethyl adjacent to an activating group) is 1. The first-order valence-electron chi connectivity index (χ1n) is 10.3. The summed E-state index contributed by atoms with van der Waals surface area (Å²) < 4.78 is 13.3. The first-order chi connectivity index (χ1) is 15.3. The molecule has 1 aromatic heterocycles. The predicted octanol–water partition coefficient (Wildman–Crippen LogP) is 4.02. The van der Waals surface area contributed by atoms with Crippen LogP contribution in [0.25, 0.3) is 10.9 Å². The average molecular weight is 474 g/mol. The van der Waals surface area contributed by atoms with Crippen molar-refractivity contribution in [2.45, 2.75) is 31.1 Å². The highest BCUT2D eigenvalue weighted by molar-refractivity contribution is 7.99. The summed E-state index contributed by atoms with van der Waals surface area (Å²) in [7, 11) is 1.73. The van der Waals surface area contributed by atoms with Gasteiger partial charge in [0, 0.05) is 18.1 Å². The van der Waals surface area contributed by atoms with Crippen LogP contribution in [0.15, 0.2) is 52.4 Å². The third-order valence-electron chi connectivity index (χ3n) is 5.14. The zero-order chi connectivity index (χ0) is 22.8. The second-order valence-electron chi connectivity index (χ2n) is 7.89. The highest BCUT2D eigenvalue weighted by atomic mass is 35.5. The number of fused-ring (bicyclic) bond motifs is 2. The van der Waals surface area contributed by atoms with Gasteiger partial charge in [0.15, 0.2) is 22.8 Å². The molecule has 9 heteroatoms. The molecule has 32 heavy (non-hydrogen) atoms. The van der Waals surface area contributed by atoms with Gasteiger partial charge in [0.05, 0.1) is 23.2 Å². The van der Waals surface area contributed by atoms with Crippen molar-refractivity contribution in [3.8, 4) is 11.5 Å².